The molecule has 5 heteroatoms. The Morgan fingerprint density at radius 1 is 1.00 bits per heavy atom. The van der Waals surface area contributed by atoms with Gasteiger partial charge in [-0.1, -0.05) is 41.5 Å². The monoisotopic (exact) mass is 358 g/mol. The van der Waals surface area contributed by atoms with Crippen LogP contribution in [0.15, 0.2) is 65.1 Å². The van der Waals surface area contributed by atoms with Crippen molar-refractivity contribution in [1.29, 1.82) is 0 Å². The summed E-state index contributed by atoms with van der Waals surface area (Å²) in [5.41, 5.74) is 2.77. The summed E-state index contributed by atoms with van der Waals surface area (Å²) in [6, 6.07) is 14.3. The molecule has 25 heavy (non-hydrogen) atoms. The number of benzene rings is 2. The van der Waals surface area contributed by atoms with Crippen LogP contribution in [0.5, 0.6) is 5.75 Å². The molecule has 0 spiro atoms. The zero-order valence-electron chi connectivity index (χ0n) is 14.6. The second-order valence-electron chi connectivity index (χ2n) is 6.34. The van der Waals surface area contributed by atoms with E-state index in [4.69, 9.17) is 9.47 Å². The molecule has 0 fully saturated rings. The molecule has 1 aliphatic heterocycles. The lowest BCUT2D eigenvalue weighted by atomic mass is 10.0. The molecule has 0 bridgehead atoms. The fourth-order valence-corrected chi connectivity index (χ4v) is 4.75. The van der Waals surface area contributed by atoms with Gasteiger partial charge in [-0.3, -0.25) is 0 Å². The van der Waals surface area contributed by atoms with E-state index in [0.29, 0.717) is 11.5 Å². The van der Waals surface area contributed by atoms with Crippen LogP contribution >= 0.6 is 0 Å². The standard InChI is InChI=1S/C20H22O4S/c1-14-4-10-18(11-5-14)25(21,22)19-12-15(2)13-24-20(19)16-6-8-17(23-3)9-7-16/h4-12,19-20H,13H2,1-3H3/t19?,20-/m1/s1. The van der Waals surface area contributed by atoms with E-state index in [2.05, 4.69) is 0 Å². The van der Waals surface area contributed by atoms with E-state index in [-0.39, 0.29) is 0 Å². The molecule has 1 aliphatic rings. The largest absolute Gasteiger partial charge is 0.497 e. The third kappa shape index (κ3) is 3.62. The van der Waals surface area contributed by atoms with Gasteiger partial charge >= 0.3 is 0 Å². The first-order valence-corrected chi connectivity index (χ1v) is 9.70. The number of ether oxygens (including phenoxy) is 2. The molecule has 4 nitrogen and oxygen atoms in total. The topological polar surface area (TPSA) is 52.6 Å². The van der Waals surface area contributed by atoms with Crippen molar-refractivity contribution in [2.45, 2.75) is 30.1 Å². The van der Waals surface area contributed by atoms with Crippen LogP contribution in [0.2, 0.25) is 0 Å². The summed E-state index contributed by atoms with van der Waals surface area (Å²) in [7, 11) is -1.96. The summed E-state index contributed by atoms with van der Waals surface area (Å²) in [6.07, 6.45) is 1.27. The molecular formula is C20H22O4S. The smallest absolute Gasteiger partial charge is 0.187 e. The first-order chi connectivity index (χ1) is 11.9. The van der Waals surface area contributed by atoms with Crippen LogP contribution in [-0.2, 0) is 14.6 Å². The van der Waals surface area contributed by atoms with Gasteiger partial charge in [0.05, 0.1) is 18.6 Å². The fraction of sp³-hybridized carbons (Fsp3) is 0.300. The van der Waals surface area contributed by atoms with Crippen LogP contribution in [0.3, 0.4) is 0 Å². The number of rotatable bonds is 4. The second kappa shape index (κ2) is 7.02. The molecule has 0 saturated heterocycles. The van der Waals surface area contributed by atoms with E-state index >= 15 is 0 Å². The summed E-state index contributed by atoms with van der Waals surface area (Å²) < 4.78 is 37.5. The molecular weight excluding hydrogens is 336 g/mol. The first-order valence-electron chi connectivity index (χ1n) is 8.15. The van der Waals surface area contributed by atoms with E-state index in [1.807, 2.05) is 56.3 Å². The number of hydrogen-bond donors (Lipinski definition) is 0. The average Bonchev–Trinajstić information content (AvgIpc) is 2.62. The molecule has 132 valence electrons. The van der Waals surface area contributed by atoms with Crippen molar-refractivity contribution in [1.82, 2.24) is 0 Å². The molecule has 1 heterocycles. The highest BCUT2D eigenvalue weighted by Crippen LogP contribution is 2.35. The van der Waals surface area contributed by atoms with E-state index in [0.717, 1.165) is 22.4 Å². The van der Waals surface area contributed by atoms with Crippen molar-refractivity contribution in [3.63, 3.8) is 0 Å². The van der Waals surface area contributed by atoms with Crippen molar-refractivity contribution < 1.29 is 17.9 Å². The Hall–Kier alpha value is -2.11. The lowest BCUT2D eigenvalue weighted by Gasteiger charge is -2.30. The Labute approximate surface area is 149 Å². The van der Waals surface area contributed by atoms with Crippen LogP contribution in [0.1, 0.15) is 24.2 Å². The SMILES string of the molecule is COc1ccc([C@H]2OCC(C)=CC2S(=O)(=O)c2ccc(C)cc2)cc1. The normalized spacial score (nSPS) is 20.8. The third-order valence-corrected chi connectivity index (χ3v) is 6.42. The summed E-state index contributed by atoms with van der Waals surface area (Å²) >= 11 is 0. The fourth-order valence-electron chi connectivity index (χ4n) is 2.95. The molecule has 1 unspecified atom stereocenters. The molecule has 0 radical (unpaired) electrons. The zero-order chi connectivity index (χ0) is 18.0. The minimum Gasteiger partial charge on any atom is -0.497 e. The number of methoxy groups -OCH3 is 1. The average molecular weight is 358 g/mol. The van der Waals surface area contributed by atoms with Crippen LogP contribution in [-0.4, -0.2) is 27.4 Å². The Morgan fingerprint density at radius 3 is 2.24 bits per heavy atom. The van der Waals surface area contributed by atoms with Crippen molar-refractivity contribution in [3.05, 3.63) is 71.3 Å². The van der Waals surface area contributed by atoms with Crippen LogP contribution in [0.25, 0.3) is 0 Å². The van der Waals surface area contributed by atoms with Gasteiger partial charge in [0.25, 0.3) is 0 Å². The van der Waals surface area contributed by atoms with Gasteiger partial charge in [-0.25, -0.2) is 8.42 Å². The summed E-state index contributed by atoms with van der Waals surface area (Å²) in [6.45, 7) is 4.25. The molecule has 0 N–H and O–H groups in total. The van der Waals surface area contributed by atoms with Gasteiger partial charge in [0.2, 0.25) is 0 Å². The molecule has 0 aliphatic carbocycles. The van der Waals surface area contributed by atoms with Gasteiger partial charge in [-0.2, -0.15) is 0 Å². The molecule has 0 amide bonds. The zero-order valence-corrected chi connectivity index (χ0v) is 15.4. The lowest BCUT2D eigenvalue weighted by Crippen LogP contribution is -2.32. The Morgan fingerprint density at radius 2 is 1.64 bits per heavy atom. The molecule has 0 saturated carbocycles. The number of hydrogen-bond acceptors (Lipinski definition) is 4. The van der Waals surface area contributed by atoms with E-state index < -0.39 is 21.2 Å². The van der Waals surface area contributed by atoms with Gasteiger partial charge < -0.3 is 9.47 Å². The number of aryl methyl sites for hydroxylation is 1. The highest BCUT2D eigenvalue weighted by molar-refractivity contribution is 7.92. The third-order valence-electron chi connectivity index (χ3n) is 4.39. The maximum Gasteiger partial charge on any atom is 0.187 e. The summed E-state index contributed by atoms with van der Waals surface area (Å²) in [4.78, 5) is 0.316. The van der Waals surface area contributed by atoms with Gasteiger partial charge in [0.1, 0.15) is 17.1 Å². The maximum absolute atomic E-state index is 13.2. The van der Waals surface area contributed by atoms with Crippen LogP contribution in [0, 0.1) is 6.92 Å². The van der Waals surface area contributed by atoms with Crippen molar-refractivity contribution in [3.8, 4) is 5.75 Å². The first kappa shape index (κ1) is 17.7. The minimum absolute atomic E-state index is 0.316. The maximum atomic E-state index is 13.2. The quantitative estimate of drug-likeness (QED) is 0.779. The summed E-state index contributed by atoms with van der Waals surface area (Å²) in [5.74, 6) is 0.726. The summed E-state index contributed by atoms with van der Waals surface area (Å²) in [5, 5.41) is -0.752. The molecule has 2 aromatic rings. The van der Waals surface area contributed by atoms with E-state index in [1.54, 1.807) is 19.2 Å². The Balaban J connectivity index is 2.02. The lowest BCUT2D eigenvalue weighted by molar-refractivity contribution is 0.0638. The second-order valence-corrected chi connectivity index (χ2v) is 8.45. The predicted molar refractivity (Wildman–Crippen MR) is 97.6 cm³/mol. The van der Waals surface area contributed by atoms with E-state index in [9.17, 15) is 8.42 Å². The predicted octanol–water partition coefficient (Wildman–Crippen LogP) is 3.86. The van der Waals surface area contributed by atoms with Gasteiger partial charge in [0.15, 0.2) is 9.84 Å². The van der Waals surface area contributed by atoms with Crippen molar-refractivity contribution >= 4 is 9.84 Å². The van der Waals surface area contributed by atoms with Gasteiger partial charge in [0, 0.05) is 0 Å². The Bertz CT molecular complexity index is 865. The van der Waals surface area contributed by atoms with Crippen LogP contribution < -0.4 is 4.74 Å². The minimum atomic E-state index is -3.56. The van der Waals surface area contributed by atoms with Crippen LogP contribution in [0.4, 0.5) is 0 Å². The highest BCUT2D eigenvalue weighted by atomic mass is 32.2. The molecule has 2 aromatic carbocycles. The van der Waals surface area contributed by atoms with Crippen molar-refractivity contribution in [2.24, 2.45) is 0 Å². The molecule has 2 atom stereocenters. The highest BCUT2D eigenvalue weighted by Gasteiger charge is 2.37. The van der Waals surface area contributed by atoms with Crippen molar-refractivity contribution in [2.75, 3.05) is 13.7 Å². The molecule has 3 rings (SSSR count). The molecule has 0 aromatic heterocycles. The number of sulfone groups is 1. The van der Waals surface area contributed by atoms with Gasteiger partial charge in [-0.05, 0) is 43.7 Å². The van der Waals surface area contributed by atoms with E-state index in [1.165, 1.54) is 0 Å². The Kier molecular flexibility index (Phi) is 4.97. The van der Waals surface area contributed by atoms with Gasteiger partial charge in [-0.15, -0.1) is 0 Å².